The third-order valence-corrected chi connectivity index (χ3v) is 5.63. The lowest BCUT2D eigenvalue weighted by Gasteiger charge is -2.44. The monoisotopic (exact) mass is 372 g/mol. The Morgan fingerprint density at radius 1 is 1.27 bits per heavy atom. The quantitative estimate of drug-likeness (QED) is 0.741. The molecule has 22 heavy (non-hydrogen) atoms. The molecule has 0 aliphatic heterocycles. The molecule has 0 aromatic heterocycles. The van der Waals surface area contributed by atoms with Crippen molar-refractivity contribution in [3.63, 3.8) is 0 Å². The summed E-state index contributed by atoms with van der Waals surface area (Å²) in [7, 11) is 0. The minimum absolute atomic E-state index is 0.0561. The SMILES string of the molecule is CC1CC2(Cc3ccc(Br)cc3C2=O)CC(C)C1OC(F)F. The molecule has 1 aromatic rings. The van der Waals surface area contributed by atoms with E-state index >= 15 is 0 Å². The number of ether oxygens (including phenoxy) is 1. The number of benzene rings is 1. The van der Waals surface area contributed by atoms with Crippen LogP contribution in [0.15, 0.2) is 22.7 Å². The van der Waals surface area contributed by atoms with Crippen molar-refractivity contribution < 1.29 is 18.3 Å². The molecule has 0 saturated heterocycles. The third kappa shape index (κ3) is 2.62. The molecule has 5 heteroatoms. The van der Waals surface area contributed by atoms with Crippen LogP contribution < -0.4 is 0 Å². The summed E-state index contributed by atoms with van der Waals surface area (Å²) in [5, 5.41) is 0. The number of halogens is 3. The molecule has 2 unspecified atom stereocenters. The summed E-state index contributed by atoms with van der Waals surface area (Å²) < 4.78 is 30.8. The summed E-state index contributed by atoms with van der Waals surface area (Å²) in [5.74, 6) is 0.0527. The second-order valence-electron chi connectivity index (χ2n) is 6.81. The maximum Gasteiger partial charge on any atom is 0.345 e. The number of carbonyl (C=O) groups excluding carboxylic acids is 1. The highest BCUT2D eigenvalue weighted by Crippen LogP contribution is 2.51. The van der Waals surface area contributed by atoms with Gasteiger partial charge in [0.15, 0.2) is 5.78 Å². The molecule has 1 saturated carbocycles. The largest absolute Gasteiger partial charge is 0.345 e. The number of hydrogen-bond donors (Lipinski definition) is 0. The van der Waals surface area contributed by atoms with Crippen molar-refractivity contribution in [3.05, 3.63) is 33.8 Å². The Labute approximate surface area is 137 Å². The van der Waals surface area contributed by atoms with Crippen LogP contribution in [0.4, 0.5) is 8.78 Å². The van der Waals surface area contributed by atoms with Gasteiger partial charge < -0.3 is 4.74 Å². The van der Waals surface area contributed by atoms with Gasteiger partial charge in [0, 0.05) is 15.5 Å². The van der Waals surface area contributed by atoms with Crippen molar-refractivity contribution in [1.82, 2.24) is 0 Å². The van der Waals surface area contributed by atoms with Gasteiger partial charge in [-0.3, -0.25) is 4.79 Å². The summed E-state index contributed by atoms with van der Waals surface area (Å²) in [5.41, 5.74) is 1.41. The smallest absolute Gasteiger partial charge is 0.319 e. The van der Waals surface area contributed by atoms with Crippen LogP contribution in [-0.4, -0.2) is 18.5 Å². The Bertz CT molecular complexity index is 590. The summed E-state index contributed by atoms with van der Waals surface area (Å²) in [4.78, 5) is 12.9. The van der Waals surface area contributed by atoms with Crippen LogP contribution in [0.2, 0.25) is 0 Å². The molecule has 2 aliphatic carbocycles. The van der Waals surface area contributed by atoms with Crippen LogP contribution in [0.25, 0.3) is 0 Å². The Hall–Kier alpha value is -0.810. The van der Waals surface area contributed by atoms with E-state index in [0.29, 0.717) is 19.3 Å². The van der Waals surface area contributed by atoms with Gasteiger partial charge in [0.1, 0.15) is 0 Å². The molecule has 2 nitrogen and oxygen atoms in total. The average molecular weight is 373 g/mol. The van der Waals surface area contributed by atoms with Crippen LogP contribution in [0.3, 0.4) is 0 Å². The fraction of sp³-hybridized carbons (Fsp3) is 0.588. The summed E-state index contributed by atoms with van der Waals surface area (Å²) in [6.45, 7) is 1.07. The highest BCUT2D eigenvalue weighted by molar-refractivity contribution is 9.10. The van der Waals surface area contributed by atoms with Gasteiger partial charge in [-0.1, -0.05) is 35.8 Å². The first-order valence-electron chi connectivity index (χ1n) is 7.59. The highest BCUT2D eigenvalue weighted by atomic mass is 79.9. The molecule has 0 radical (unpaired) electrons. The number of ketones is 1. The van der Waals surface area contributed by atoms with Gasteiger partial charge in [-0.25, -0.2) is 0 Å². The molecular formula is C17H19BrF2O2. The van der Waals surface area contributed by atoms with E-state index in [2.05, 4.69) is 15.9 Å². The van der Waals surface area contributed by atoms with E-state index in [0.717, 1.165) is 15.6 Å². The number of alkyl halides is 2. The maximum absolute atomic E-state index is 12.9. The highest BCUT2D eigenvalue weighted by Gasteiger charge is 2.52. The van der Waals surface area contributed by atoms with Crippen molar-refractivity contribution in [2.75, 3.05) is 0 Å². The fourth-order valence-electron chi connectivity index (χ4n) is 4.47. The molecule has 120 valence electrons. The normalized spacial score (nSPS) is 34.5. The van der Waals surface area contributed by atoms with E-state index in [9.17, 15) is 13.6 Å². The van der Waals surface area contributed by atoms with Gasteiger partial charge in [0.05, 0.1) is 6.10 Å². The Balaban J connectivity index is 1.87. The molecule has 2 aliphatic rings. The van der Waals surface area contributed by atoms with E-state index in [1.54, 1.807) is 0 Å². The molecule has 1 fully saturated rings. The van der Waals surface area contributed by atoms with E-state index in [1.165, 1.54) is 0 Å². The van der Waals surface area contributed by atoms with E-state index in [-0.39, 0.29) is 17.6 Å². The molecule has 1 aromatic carbocycles. The number of fused-ring (bicyclic) bond motifs is 1. The third-order valence-electron chi connectivity index (χ3n) is 5.13. The molecular weight excluding hydrogens is 354 g/mol. The number of Topliss-reactive ketones (excluding diaryl/α,β-unsaturated/α-hetero) is 1. The van der Waals surface area contributed by atoms with E-state index in [1.807, 2.05) is 32.0 Å². The predicted molar refractivity (Wildman–Crippen MR) is 83.0 cm³/mol. The van der Waals surface area contributed by atoms with Crippen LogP contribution >= 0.6 is 15.9 Å². The zero-order valence-electron chi connectivity index (χ0n) is 12.6. The first-order valence-corrected chi connectivity index (χ1v) is 8.38. The molecule has 3 rings (SSSR count). The fourth-order valence-corrected chi connectivity index (χ4v) is 4.83. The molecule has 0 bridgehead atoms. The van der Waals surface area contributed by atoms with Gasteiger partial charge in [-0.05, 0) is 48.8 Å². The summed E-state index contributed by atoms with van der Waals surface area (Å²) >= 11 is 3.41. The Kier molecular flexibility index (Phi) is 4.14. The molecule has 2 atom stereocenters. The second kappa shape index (κ2) is 5.68. The lowest BCUT2D eigenvalue weighted by atomic mass is 9.63. The van der Waals surface area contributed by atoms with Gasteiger partial charge in [0.25, 0.3) is 0 Å². The second-order valence-corrected chi connectivity index (χ2v) is 7.73. The number of carbonyl (C=O) groups is 1. The van der Waals surface area contributed by atoms with Crippen LogP contribution in [0, 0.1) is 17.3 Å². The summed E-state index contributed by atoms with van der Waals surface area (Å²) in [6.07, 6.45) is 1.46. The summed E-state index contributed by atoms with van der Waals surface area (Å²) in [6, 6.07) is 5.82. The molecule has 1 spiro atoms. The van der Waals surface area contributed by atoms with Crippen molar-refractivity contribution in [2.24, 2.45) is 17.3 Å². The van der Waals surface area contributed by atoms with Crippen molar-refractivity contribution in [3.8, 4) is 0 Å². The minimum atomic E-state index is -2.75. The topological polar surface area (TPSA) is 26.3 Å². The maximum atomic E-state index is 12.9. The number of rotatable bonds is 2. The lowest BCUT2D eigenvalue weighted by molar-refractivity contribution is -0.201. The first kappa shape index (κ1) is 16.1. The van der Waals surface area contributed by atoms with Gasteiger partial charge in [-0.15, -0.1) is 0 Å². The molecule has 0 heterocycles. The van der Waals surface area contributed by atoms with Crippen molar-refractivity contribution in [2.45, 2.75) is 45.8 Å². The number of hydrogen-bond acceptors (Lipinski definition) is 2. The lowest BCUT2D eigenvalue weighted by Crippen LogP contribution is -2.45. The van der Waals surface area contributed by atoms with Crippen LogP contribution in [0.1, 0.15) is 42.6 Å². The van der Waals surface area contributed by atoms with E-state index < -0.39 is 18.1 Å². The van der Waals surface area contributed by atoms with Crippen molar-refractivity contribution >= 4 is 21.7 Å². The van der Waals surface area contributed by atoms with Gasteiger partial charge >= 0.3 is 6.61 Å². The minimum Gasteiger partial charge on any atom is -0.319 e. The first-order chi connectivity index (χ1) is 10.3. The molecule has 0 N–H and O–H groups in total. The Morgan fingerprint density at radius 3 is 2.50 bits per heavy atom. The van der Waals surface area contributed by atoms with Gasteiger partial charge in [-0.2, -0.15) is 8.78 Å². The van der Waals surface area contributed by atoms with E-state index in [4.69, 9.17) is 4.74 Å². The van der Waals surface area contributed by atoms with Crippen LogP contribution in [0.5, 0.6) is 0 Å². The predicted octanol–water partition coefficient (Wildman–Crippen LogP) is 4.85. The van der Waals surface area contributed by atoms with Crippen LogP contribution in [-0.2, 0) is 11.2 Å². The molecule has 0 amide bonds. The van der Waals surface area contributed by atoms with Gasteiger partial charge in [0.2, 0.25) is 0 Å². The van der Waals surface area contributed by atoms with Crippen molar-refractivity contribution in [1.29, 1.82) is 0 Å². The average Bonchev–Trinajstić information content (AvgIpc) is 2.67. The standard InChI is InChI=1S/C17H19BrF2O2/c1-9-6-17(7-10(2)14(9)22-16(19)20)8-11-3-4-12(18)5-13(11)15(17)21/h3-5,9-10,14,16H,6-8H2,1-2H3. The zero-order valence-corrected chi connectivity index (χ0v) is 14.2. The Morgan fingerprint density at radius 2 is 1.91 bits per heavy atom. The zero-order chi connectivity index (χ0) is 16.1.